The monoisotopic (exact) mass is 289 g/mol. The van der Waals surface area contributed by atoms with Crippen molar-refractivity contribution in [1.29, 1.82) is 0 Å². The maximum atomic E-state index is 12.1. The number of carbonyl (C=O) groups excluding carboxylic acids is 1. The maximum absolute atomic E-state index is 12.1. The summed E-state index contributed by atoms with van der Waals surface area (Å²) < 4.78 is 5.75. The molecule has 4 atom stereocenters. The number of carbonyl (C=O) groups is 1. The summed E-state index contributed by atoms with van der Waals surface area (Å²) >= 11 is 0. The number of aliphatic hydroxyl groups excluding tert-OH is 1. The van der Waals surface area contributed by atoms with Crippen molar-refractivity contribution in [1.82, 2.24) is 4.90 Å². The zero-order valence-electron chi connectivity index (χ0n) is 12.7. The van der Waals surface area contributed by atoms with E-state index in [1.807, 2.05) is 12.1 Å². The SMILES string of the molecule is CC(O)C1CCN(C(=O)/C=C/c2ccc(C3CC3C)o2)C1. The minimum absolute atomic E-state index is 0.00381. The Morgan fingerprint density at radius 3 is 2.90 bits per heavy atom. The summed E-state index contributed by atoms with van der Waals surface area (Å²) in [6.07, 6.45) is 5.05. The molecule has 0 radical (unpaired) electrons. The van der Waals surface area contributed by atoms with E-state index < -0.39 is 0 Å². The number of rotatable bonds is 4. The quantitative estimate of drug-likeness (QED) is 0.867. The van der Waals surface area contributed by atoms with Crippen molar-refractivity contribution in [3.05, 3.63) is 29.7 Å². The van der Waals surface area contributed by atoms with E-state index in [4.69, 9.17) is 4.42 Å². The van der Waals surface area contributed by atoms with Crippen LogP contribution in [0.15, 0.2) is 22.6 Å². The van der Waals surface area contributed by atoms with Crippen molar-refractivity contribution in [3.8, 4) is 0 Å². The average molecular weight is 289 g/mol. The summed E-state index contributed by atoms with van der Waals surface area (Å²) in [6, 6.07) is 3.93. The lowest BCUT2D eigenvalue weighted by molar-refractivity contribution is -0.125. The first-order valence-electron chi connectivity index (χ1n) is 7.79. The maximum Gasteiger partial charge on any atom is 0.246 e. The van der Waals surface area contributed by atoms with Crippen LogP contribution in [0.5, 0.6) is 0 Å². The highest BCUT2D eigenvalue weighted by atomic mass is 16.3. The third-order valence-electron chi connectivity index (χ3n) is 4.73. The van der Waals surface area contributed by atoms with E-state index in [-0.39, 0.29) is 17.9 Å². The van der Waals surface area contributed by atoms with Crippen molar-refractivity contribution >= 4 is 12.0 Å². The van der Waals surface area contributed by atoms with Crippen LogP contribution in [0.1, 0.15) is 44.1 Å². The first-order valence-corrected chi connectivity index (χ1v) is 7.79. The molecule has 0 spiro atoms. The summed E-state index contributed by atoms with van der Waals surface area (Å²) in [5, 5.41) is 9.57. The van der Waals surface area contributed by atoms with Gasteiger partial charge < -0.3 is 14.4 Å². The Labute approximate surface area is 125 Å². The molecule has 0 bridgehead atoms. The van der Waals surface area contributed by atoms with Crippen LogP contribution < -0.4 is 0 Å². The van der Waals surface area contributed by atoms with Gasteiger partial charge >= 0.3 is 0 Å². The van der Waals surface area contributed by atoms with Crippen molar-refractivity contribution in [2.45, 2.75) is 38.7 Å². The number of likely N-dealkylation sites (tertiary alicyclic amines) is 1. The molecule has 4 nitrogen and oxygen atoms in total. The molecule has 1 aromatic rings. The Balaban J connectivity index is 1.56. The van der Waals surface area contributed by atoms with Crippen LogP contribution in [0.4, 0.5) is 0 Å². The number of nitrogens with zero attached hydrogens (tertiary/aromatic N) is 1. The molecule has 1 saturated heterocycles. The van der Waals surface area contributed by atoms with Gasteiger partial charge in [0.1, 0.15) is 11.5 Å². The van der Waals surface area contributed by atoms with E-state index in [0.29, 0.717) is 12.5 Å². The zero-order chi connectivity index (χ0) is 15.0. The molecule has 2 aliphatic rings. The lowest BCUT2D eigenvalue weighted by atomic mass is 10.0. The third kappa shape index (κ3) is 3.21. The fourth-order valence-electron chi connectivity index (χ4n) is 3.02. The van der Waals surface area contributed by atoms with Gasteiger partial charge in [0.05, 0.1) is 6.10 Å². The van der Waals surface area contributed by atoms with Gasteiger partial charge in [0.2, 0.25) is 5.91 Å². The minimum atomic E-state index is -0.347. The van der Waals surface area contributed by atoms with E-state index in [2.05, 4.69) is 6.92 Å². The largest absolute Gasteiger partial charge is 0.461 e. The first kappa shape index (κ1) is 14.4. The second kappa shape index (κ2) is 5.68. The molecular formula is C17H23NO3. The summed E-state index contributed by atoms with van der Waals surface area (Å²) in [6.45, 7) is 5.38. The Kier molecular flexibility index (Phi) is 3.89. The Bertz CT molecular complexity index is 546. The van der Waals surface area contributed by atoms with Crippen molar-refractivity contribution in [2.75, 3.05) is 13.1 Å². The van der Waals surface area contributed by atoms with Crippen LogP contribution in [0, 0.1) is 11.8 Å². The van der Waals surface area contributed by atoms with Crippen molar-refractivity contribution in [2.24, 2.45) is 11.8 Å². The molecule has 1 aliphatic heterocycles. The fourth-order valence-corrected chi connectivity index (χ4v) is 3.02. The van der Waals surface area contributed by atoms with Crippen LogP contribution in [-0.4, -0.2) is 35.1 Å². The fraction of sp³-hybridized carbons (Fsp3) is 0.588. The lowest BCUT2D eigenvalue weighted by Gasteiger charge is -2.15. The smallest absolute Gasteiger partial charge is 0.246 e. The average Bonchev–Trinajstić information content (AvgIpc) is 2.90. The summed E-state index contributed by atoms with van der Waals surface area (Å²) in [5.41, 5.74) is 0. The standard InChI is InChI=1S/C17H23NO3/c1-11-9-15(11)16-5-3-14(21-16)4-6-17(20)18-8-7-13(10-18)12(2)19/h3-6,11-13,15,19H,7-10H2,1-2H3/b6-4+. The number of hydrogen-bond acceptors (Lipinski definition) is 3. The first-order chi connectivity index (χ1) is 10.0. The van der Waals surface area contributed by atoms with Gasteiger partial charge in [0, 0.05) is 31.0 Å². The third-order valence-corrected chi connectivity index (χ3v) is 4.73. The molecular weight excluding hydrogens is 266 g/mol. The normalized spacial score (nSPS) is 30.0. The number of amides is 1. The van der Waals surface area contributed by atoms with Gasteiger partial charge in [0.25, 0.3) is 0 Å². The molecule has 1 aliphatic carbocycles. The molecule has 3 rings (SSSR count). The molecule has 4 unspecified atom stereocenters. The van der Waals surface area contributed by atoms with Crippen LogP contribution in [0.25, 0.3) is 6.08 Å². The second-order valence-corrected chi connectivity index (χ2v) is 6.47. The van der Waals surface area contributed by atoms with Gasteiger partial charge in [-0.2, -0.15) is 0 Å². The summed E-state index contributed by atoms with van der Waals surface area (Å²) in [4.78, 5) is 13.9. The van der Waals surface area contributed by atoms with Gasteiger partial charge in [-0.25, -0.2) is 0 Å². The topological polar surface area (TPSA) is 53.7 Å². The molecule has 4 heteroatoms. The van der Waals surface area contributed by atoms with Crippen molar-refractivity contribution in [3.63, 3.8) is 0 Å². The van der Waals surface area contributed by atoms with E-state index in [9.17, 15) is 9.90 Å². The lowest BCUT2D eigenvalue weighted by Crippen LogP contribution is -2.28. The predicted octanol–water partition coefficient (Wildman–Crippen LogP) is 2.65. The van der Waals surface area contributed by atoms with Crippen LogP contribution in [-0.2, 0) is 4.79 Å². The van der Waals surface area contributed by atoms with Gasteiger partial charge in [-0.3, -0.25) is 4.79 Å². The second-order valence-electron chi connectivity index (χ2n) is 6.47. The molecule has 1 N–H and O–H groups in total. The zero-order valence-corrected chi connectivity index (χ0v) is 12.7. The van der Waals surface area contributed by atoms with Crippen LogP contribution in [0.3, 0.4) is 0 Å². The Hall–Kier alpha value is -1.55. The van der Waals surface area contributed by atoms with Crippen LogP contribution >= 0.6 is 0 Å². The molecule has 2 heterocycles. The van der Waals surface area contributed by atoms with Gasteiger partial charge in [-0.15, -0.1) is 0 Å². The van der Waals surface area contributed by atoms with E-state index >= 15 is 0 Å². The summed E-state index contributed by atoms with van der Waals surface area (Å²) in [5.74, 6) is 3.25. The highest BCUT2D eigenvalue weighted by molar-refractivity contribution is 5.91. The molecule has 21 heavy (non-hydrogen) atoms. The highest BCUT2D eigenvalue weighted by Crippen LogP contribution is 2.47. The molecule has 114 valence electrons. The summed E-state index contributed by atoms with van der Waals surface area (Å²) in [7, 11) is 0. The molecule has 2 fully saturated rings. The number of aliphatic hydroxyl groups is 1. The molecule has 1 aromatic heterocycles. The Morgan fingerprint density at radius 1 is 1.52 bits per heavy atom. The Morgan fingerprint density at radius 2 is 2.29 bits per heavy atom. The highest BCUT2D eigenvalue weighted by Gasteiger charge is 2.36. The van der Waals surface area contributed by atoms with Crippen LogP contribution in [0.2, 0.25) is 0 Å². The van der Waals surface area contributed by atoms with E-state index in [0.717, 1.165) is 30.4 Å². The molecule has 1 saturated carbocycles. The van der Waals surface area contributed by atoms with Crippen molar-refractivity contribution < 1.29 is 14.3 Å². The van der Waals surface area contributed by atoms with Gasteiger partial charge in [-0.05, 0) is 43.9 Å². The number of furan rings is 1. The van der Waals surface area contributed by atoms with E-state index in [1.165, 1.54) is 6.42 Å². The van der Waals surface area contributed by atoms with Gasteiger partial charge in [0.15, 0.2) is 0 Å². The molecule has 0 aromatic carbocycles. The number of hydrogen-bond donors (Lipinski definition) is 1. The van der Waals surface area contributed by atoms with E-state index in [1.54, 1.807) is 24.0 Å². The predicted molar refractivity (Wildman–Crippen MR) is 80.6 cm³/mol. The molecule has 1 amide bonds. The minimum Gasteiger partial charge on any atom is -0.461 e. The van der Waals surface area contributed by atoms with Gasteiger partial charge in [-0.1, -0.05) is 6.92 Å².